The molecule has 47 heavy (non-hydrogen) atoms. The molecule has 1 unspecified atom stereocenters. The highest BCUT2D eigenvalue weighted by atomic mass is 31.2. The normalized spacial score (nSPS) is 15.4. The van der Waals surface area contributed by atoms with Gasteiger partial charge >= 0.3 is 0 Å². The lowest BCUT2D eigenvalue weighted by Crippen LogP contribution is -2.35. The maximum absolute atomic E-state index is 16.0. The molecule has 0 amide bonds. The van der Waals surface area contributed by atoms with Gasteiger partial charge in [0.1, 0.15) is 28.3 Å². The summed E-state index contributed by atoms with van der Waals surface area (Å²) in [6, 6.07) is 48.8. The molecule has 0 radical (unpaired) electrons. The summed E-state index contributed by atoms with van der Waals surface area (Å²) in [5, 5.41) is 1.97. The Labute approximate surface area is 273 Å². The summed E-state index contributed by atoms with van der Waals surface area (Å²) in [4.78, 5) is 4.50. The van der Waals surface area contributed by atoms with Gasteiger partial charge in [-0.2, -0.15) is 0 Å². The number of nitrogens with zero attached hydrogens (tertiary/aromatic N) is 1. The third-order valence-corrected chi connectivity index (χ3v) is 12.2. The molecule has 2 aliphatic rings. The van der Waals surface area contributed by atoms with Crippen LogP contribution in [-0.2, 0) is 4.57 Å². The number of aryl methyl sites for hydroxylation is 1. The van der Waals surface area contributed by atoms with Gasteiger partial charge in [-0.1, -0.05) is 97.1 Å². The quantitative estimate of drug-likeness (QED) is 0.183. The van der Waals surface area contributed by atoms with Crippen molar-refractivity contribution in [3.63, 3.8) is 0 Å². The molecule has 3 heterocycles. The van der Waals surface area contributed by atoms with E-state index in [9.17, 15) is 0 Å². The highest BCUT2D eigenvalue weighted by molar-refractivity contribution is 7.86. The van der Waals surface area contributed by atoms with Gasteiger partial charge in [-0.25, -0.2) is 0 Å². The molecule has 2 aliphatic heterocycles. The molecule has 5 heteroatoms. The van der Waals surface area contributed by atoms with Crippen molar-refractivity contribution >= 4 is 23.1 Å². The summed E-state index contributed by atoms with van der Waals surface area (Å²) in [5.74, 6) is 2.33. The van der Waals surface area contributed by atoms with Gasteiger partial charge < -0.3 is 14.0 Å². The van der Waals surface area contributed by atoms with Crippen LogP contribution in [-0.4, -0.2) is 4.98 Å². The van der Waals surface area contributed by atoms with E-state index in [-0.39, 0.29) is 0 Å². The van der Waals surface area contributed by atoms with E-state index in [1.807, 2.05) is 110 Å². The Morgan fingerprint density at radius 1 is 0.489 bits per heavy atom. The minimum atomic E-state index is -3.42. The standard InChI is InChI=1S/C42H28NO3P/c1-27-15-16-34(26-43-27)30-13-8-14-33(23-30)35-19-20-36-42-41(35)46-38-25-32(29-11-6-3-7-12-29)18-22-40(38)47(42,44)39-21-17-31(24-37(39)45-36)28-9-4-2-5-10-28/h2-26H,1H3. The average molecular weight is 626 g/mol. The zero-order valence-corrected chi connectivity index (χ0v) is 26.4. The van der Waals surface area contributed by atoms with E-state index in [0.29, 0.717) is 38.9 Å². The molecular formula is C42H28NO3P. The number of pyridine rings is 1. The van der Waals surface area contributed by atoms with Crippen molar-refractivity contribution in [2.24, 2.45) is 0 Å². The Morgan fingerprint density at radius 2 is 1.06 bits per heavy atom. The number of aromatic nitrogens is 1. The van der Waals surface area contributed by atoms with E-state index in [2.05, 4.69) is 53.5 Å². The van der Waals surface area contributed by atoms with Crippen molar-refractivity contribution in [2.45, 2.75) is 6.92 Å². The Kier molecular flexibility index (Phi) is 6.28. The molecule has 0 aliphatic carbocycles. The van der Waals surface area contributed by atoms with Crippen molar-refractivity contribution in [3.8, 4) is 67.5 Å². The van der Waals surface area contributed by atoms with Crippen LogP contribution in [0.25, 0.3) is 44.5 Å². The van der Waals surface area contributed by atoms with E-state index in [0.717, 1.165) is 50.2 Å². The Balaban J connectivity index is 1.26. The van der Waals surface area contributed by atoms with Crippen LogP contribution in [0.4, 0.5) is 0 Å². The molecule has 224 valence electrons. The number of hydrogen-bond donors (Lipinski definition) is 0. The minimum Gasteiger partial charge on any atom is -0.456 e. The molecular weight excluding hydrogens is 597 g/mol. The van der Waals surface area contributed by atoms with Crippen LogP contribution in [0.15, 0.2) is 152 Å². The van der Waals surface area contributed by atoms with Crippen molar-refractivity contribution in [2.75, 3.05) is 0 Å². The van der Waals surface area contributed by atoms with Crippen molar-refractivity contribution in [1.82, 2.24) is 4.98 Å². The largest absolute Gasteiger partial charge is 0.456 e. The monoisotopic (exact) mass is 625 g/mol. The van der Waals surface area contributed by atoms with Gasteiger partial charge in [-0.15, -0.1) is 0 Å². The molecule has 0 N–H and O–H groups in total. The number of fused-ring (bicyclic) bond motifs is 4. The van der Waals surface area contributed by atoms with E-state index >= 15 is 4.57 Å². The molecule has 6 aromatic carbocycles. The zero-order valence-electron chi connectivity index (χ0n) is 25.6. The van der Waals surface area contributed by atoms with Crippen LogP contribution in [0.5, 0.6) is 23.0 Å². The Hall–Kier alpha value is -5.70. The van der Waals surface area contributed by atoms with Gasteiger partial charge in [0.15, 0.2) is 7.14 Å². The first-order chi connectivity index (χ1) is 23.1. The van der Waals surface area contributed by atoms with Crippen LogP contribution >= 0.6 is 7.14 Å². The molecule has 9 rings (SSSR count). The molecule has 0 bridgehead atoms. The minimum absolute atomic E-state index is 0.557. The average Bonchev–Trinajstić information content (AvgIpc) is 3.12. The zero-order chi connectivity index (χ0) is 31.5. The van der Waals surface area contributed by atoms with Crippen molar-refractivity contribution in [3.05, 3.63) is 157 Å². The molecule has 0 fully saturated rings. The number of ether oxygens (including phenoxy) is 2. The predicted molar refractivity (Wildman–Crippen MR) is 190 cm³/mol. The smallest absolute Gasteiger partial charge is 0.185 e. The summed E-state index contributed by atoms with van der Waals surface area (Å²) >= 11 is 0. The first kappa shape index (κ1) is 27.6. The third kappa shape index (κ3) is 4.45. The molecule has 4 nitrogen and oxygen atoms in total. The second-order valence-corrected chi connectivity index (χ2v) is 14.6. The van der Waals surface area contributed by atoms with Crippen LogP contribution in [0.2, 0.25) is 0 Å². The summed E-state index contributed by atoms with van der Waals surface area (Å²) in [6.07, 6.45) is 1.89. The van der Waals surface area contributed by atoms with Crippen LogP contribution in [0, 0.1) is 6.92 Å². The molecule has 1 aromatic heterocycles. The molecule has 0 spiro atoms. The summed E-state index contributed by atoms with van der Waals surface area (Å²) in [7, 11) is -3.42. The summed E-state index contributed by atoms with van der Waals surface area (Å²) < 4.78 is 29.4. The second kappa shape index (κ2) is 10.7. The van der Waals surface area contributed by atoms with Crippen molar-refractivity contribution in [1.29, 1.82) is 0 Å². The maximum Gasteiger partial charge on any atom is 0.185 e. The van der Waals surface area contributed by atoms with E-state index in [1.54, 1.807) is 0 Å². The van der Waals surface area contributed by atoms with Crippen LogP contribution in [0.3, 0.4) is 0 Å². The topological polar surface area (TPSA) is 48.4 Å². The maximum atomic E-state index is 16.0. The molecule has 0 saturated heterocycles. The lowest BCUT2D eigenvalue weighted by molar-refractivity contribution is 0.463. The predicted octanol–water partition coefficient (Wildman–Crippen LogP) is 9.91. The lowest BCUT2D eigenvalue weighted by Gasteiger charge is -2.36. The number of benzene rings is 6. The molecule has 7 aromatic rings. The highest BCUT2D eigenvalue weighted by Gasteiger charge is 2.47. The first-order valence-electron chi connectivity index (χ1n) is 15.6. The van der Waals surface area contributed by atoms with Crippen molar-refractivity contribution < 1.29 is 14.0 Å². The highest BCUT2D eigenvalue weighted by Crippen LogP contribution is 2.60. The fourth-order valence-corrected chi connectivity index (χ4v) is 9.73. The van der Waals surface area contributed by atoms with E-state index in [1.165, 1.54) is 0 Å². The van der Waals surface area contributed by atoms with E-state index in [4.69, 9.17) is 9.47 Å². The van der Waals surface area contributed by atoms with Gasteiger partial charge in [0.05, 0.1) is 10.6 Å². The summed E-state index contributed by atoms with van der Waals surface area (Å²) in [5.41, 5.74) is 9.00. The number of rotatable bonds is 4. The molecule has 0 saturated carbocycles. The molecule has 1 atom stereocenters. The van der Waals surface area contributed by atoms with Gasteiger partial charge in [0, 0.05) is 23.0 Å². The van der Waals surface area contributed by atoms with Gasteiger partial charge in [-0.3, -0.25) is 4.98 Å². The summed E-state index contributed by atoms with van der Waals surface area (Å²) in [6.45, 7) is 1.98. The number of hydrogen-bond acceptors (Lipinski definition) is 4. The SMILES string of the molecule is Cc1ccc(-c2cccc(-c3ccc4c5c3Oc3cc(-c6ccccc6)ccc3P5(=O)c3ccc(-c5ccccc5)cc3O4)c2)cn1. The Bertz CT molecular complexity index is 2370. The van der Waals surface area contributed by atoms with Gasteiger partial charge in [0.2, 0.25) is 0 Å². The third-order valence-electron chi connectivity index (χ3n) is 9.07. The lowest BCUT2D eigenvalue weighted by atomic mass is 9.98. The second-order valence-electron chi connectivity index (χ2n) is 12.0. The fraction of sp³-hybridized carbons (Fsp3) is 0.0238. The fourth-order valence-electron chi connectivity index (χ4n) is 6.70. The van der Waals surface area contributed by atoms with E-state index < -0.39 is 7.14 Å². The first-order valence-corrected chi connectivity index (χ1v) is 17.3. The van der Waals surface area contributed by atoms with Crippen LogP contribution < -0.4 is 25.4 Å². The van der Waals surface area contributed by atoms with Gasteiger partial charge in [0.25, 0.3) is 0 Å². The van der Waals surface area contributed by atoms with Crippen LogP contribution in [0.1, 0.15) is 5.69 Å². The van der Waals surface area contributed by atoms with Gasteiger partial charge in [-0.05, 0) is 88.8 Å². The Morgan fingerprint density at radius 3 is 1.70 bits per heavy atom.